The molecule has 2 aliphatic rings. The minimum atomic E-state index is 0.176. The summed E-state index contributed by atoms with van der Waals surface area (Å²) in [5.41, 5.74) is 7.86. The highest BCUT2D eigenvalue weighted by molar-refractivity contribution is 5.93. The summed E-state index contributed by atoms with van der Waals surface area (Å²) in [6, 6.07) is 0. The third kappa shape index (κ3) is 4.87. The summed E-state index contributed by atoms with van der Waals surface area (Å²) in [6.07, 6.45) is 2.13. The lowest BCUT2D eigenvalue weighted by molar-refractivity contribution is 0.149. The Hall–Kier alpha value is -1.31. The maximum absolute atomic E-state index is 6.22. The fourth-order valence-corrected chi connectivity index (χ4v) is 2.65. The van der Waals surface area contributed by atoms with E-state index in [1.54, 1.807) is 0 Å². The lowest BCUT2D eigenvalue weighted by Crippen LogP contribution is -2.45. The monoisotopic (exact) mass is 296 g/mol. The van der Waals surface area contributed by atoms with E-state index < -0.39 is 0 Å². The first-order valence-electron chi connectivity index (χ1n) is 7.74. The molecule has 2 heterocycles. The summed E-state index contributed by atoms with van der Waals surface area (Å²) in [4.78, 5) is 2.33. The van der Waals surface area contributed by atoms with E-state index in [4.69, 9.17) is 16.3 Å². The second-order valence-corrected chi connectivity index (χ2v) is 5.68. The maximum atomic E-state index is 6.22. The predicted octanol–water partition coefficient (Wildman–Crippen LogP) is -0.835. The largest absolute Gasteiger partial charge is 0.473 e. The molecule has 0 bridgehead atoms. The van der Waals surface area contributed by atoms with Gasteiger partial charge in [0.05, 0.1) is 0 Å². The van der Waals surface area contributed by atoms with Crippen molar-refractivity contribution in [2.24, 2.45) is 16.7 Å². The van der Waals surface area contributed by atoms with E-state index in [9.17, 15) is 0 Å². The van der Waals surface area contributed by atoms with Gasteiger partial charge in [0.25, 0.3) is 0 Å². The van der Waals surface area contributed by atoms with Crippen LogP contribution in [0.2, 0.25) is 0 Å². The van der Waals surface area contributed by atoms with Crippen molar-refractivity contribution in [1.82, 2.24) is 15.5 Å². The molecular weight excluding hydrogens is 268 g/mol. The van der Waals surface area contributed by atoms with Crippen molar-refractivity contribution in [1.29, 1.82) is 0 Å². The highest BCUT2D eigenvalue weighted by Gasteiger charge is 2.19. The topological polar surface area (TPSA) is 101 Å². The van der Waals surface area contributed by atoms with Crippen LogP contribution in [0.4, 0.5) is 0 Å². The van der Waals surface area contributed by atoms with E-state index >= 15 is 0 Å². The van der Waals surface area contributed by atoms with E-state index in [2.05, 4.69) is 20.6 Å². The Kier molecular flexibility index (Phi) is 6.28. The molecule has 0 aliphatic carbocycles. The number of hydrogen-bond acceptors (Lipinski definition) is 7. The fourth-order valence-electron chi connectivity index (χ4n) is 2.65. The van der Waals surface area contributed by atoms with E-state index in [0.29, 0.717) is 5.90 Å². The van der Waals surface area contributed by atoms with Crippen LogP contribution in [0.1, 0.15) is 19.8 Å². The molecule has 120 valence electrons. The Morgan fingerprint density at radius 1 is 1.19 bits per heavy atom. The Morgan fingerprint density at radius 2 is 1.81 bits per heavy atom. The number of piperazine rings is 1. The molecule has 0 atom stereocenters. The van der Waals surface area contributed by atoms with Crippen molar-refractivity contribution in [3.63, 3.8) is 0 Å². The van der Waals surface area contributed by atoms with Gasteiger partial charge >= 0.3 is 0 Å². The smallest absolute Gasteiger partial charge is 0.235 e. The SMILES string of the molecule is CC(C(=NN)OC1CCNCC1)=C(N)CN1CCNCC1. The van der Waals surface area contributed by atoms with Gasteiger partial charge in [-0.3, -0.25) is 4.90 Å². The Bertz CT molecular complexity index is 383. The molecule has 7 heteroatoms. The summed E-state index contributed by atoms with van der Waals surface area (Å²) in [5.74, 6) is 5.98. The average molecular weight is 296 g/mol. The van der Waals surface area contributed by atoms with Crippen molar-refractivity contribution >= 4 is 5.90 Å². The van der Waals surface area contributed by atoms with Gasteiger partial charge in [-0.2, -0.15) is 0 Å². The van der Waals surface area contributed by atoms with E-state index in [-0.39, 0.29) is 6.10 Å². The van der Waals surface area contributed by atoms with Crippen LogP contribution in [0.15, 0.2) is 16.4 Å². The zero-order chi connectivity index (χ0) is 15.1. The number of ether oxygens (including phenoxy) is 1. The van der Waals surface area contributed by atoms with E-state index in [1.807, 2.05) is 6.92 Å². The molecule has 0 aromatic heterocycles. The highest BCUT2D eigenvalue weighted by atomic mass is 16.5. The molecule has 2 aliphatic heterocycles. The molecule has 0 unspecified atom stereocenters. The summed E-state index contributed by atoms with van der Waals surface area (Å²) in [6.45, 7) is 8.66. The van der Waals surface area contributed by atoms with Crippen molar-refractivity contribution in [2.45, 2.75) is 25.9 Å². The summed E-state index contributed by atoms with van der Waals surface area (Å²) < 4.78 is 5.93. The molecule has 2 rings (SSSR count). The molecule has 7 nitrogen and oxygen atoms in total. The minimum Gasteiger partial charge on any atom is -0.473 e. The lowest BCUT2D eigenvalue weighted by Gasteiger charge is -2.28. The molecule has 0 amide bonds. The standard InChI is InChI=1S/C14H28N6O/c1-11(13(15)10-20-8-6-18-7-9-20)14(19-16)21-12-2-4-17-5-3-12/h12,17-18H,2-10,15-16H2,1H3. The zero-order valence-electron chi connectivity index (χ0n) is 12.9. The van der Waals surface area contributed by atoms with Gasteiger partial charge in [-0.25, -0.2) is 0 Å². The third-order valence-corrected chi connectivity index (χ3v) is 4.09. The highest BCUT2D eigenvalue weighted by Crippen LogP contribution is 2.13. The van der Waals surface area contributed by atoms with Gasteiger partial charge < -0.3 is 26.9 Å². The molecule has 0 aromatic carbocycles. The summed E-state index contributed by atoms with van der Waals surface area (Å²) >= 11 is 0. The Balaban J connectivity index is 1.92. The number of nitrogens with one attached hydrogen (secondary N) is 2. The minimum absolute atomic E-state index is 0.176. The first-order chi connectivity index (χ1) is 10.2. The average Bonchev–Trinajstić information content (AvgIpc) is 2.54. The van der Waals surface area contributed by atoms with Crippen molar-refractivity contribution < 1.29 is 4.74 Å². The quantitative estimate of drug-likeness (QED) is 0.234. The van der Waals surface area contributed by atoms with Crippen LogP contribution in [0, 0.1) is 0 Å². The fraction of sp³-hybridized carbons (Fsp3) is 0.786. The number of hydrogen-bond donors (Lipinski definition) is 4. The van der Waals surface area contributed by atoms with Crippen LogP contribution >= 0.6 is 0 Å². The number of rotatable bonds is 4. The van der Waals surface area contributed by atoms with Crippen molar-refractivity contribution in [3.8, 4) is 0 Å². The molecule has 6 N–H and O–H groups in total. The third-order valence-electron chi connectivity index (χ3n) is 4.09. The van der Waals surface area contributed by atoms with Gasteiger partial charge in [-0.05, 0) is 32.9 Å². The molecule has 0 aromatic rings. The van der Waals surface area contributed by atoms with Gasteiger partial charge in [0.1, 0.15) is 6.10 Å². The number of nitrogens with two attached hydrogens (primary N) is 2. The van der Waals surface area contributed by atoms with Crippen LogP contribution in [0.5, 0.6) is 0 Å². The molecule has 2 saturated heterocycles. The second-order valence-electron chi connectivity index (χ2n) is 5.68. The Morgan fingerprint density at radius 3 is 2.43 bits per heavy atom. The summed E-state index contributed by atoms with van der Waals surface area (Å²) in [5, 5.41) is 10.4. The van der Waals surface area contributed by atoms with E-state index in [0.717, 1.165) is 69.9 Å². The zero-order valence-corrected chi connectivity index (χ0v) is 12.9. The van der Waals surface area contributed by atoms with Crippen molar-refractivity contribution in [3.05, 3.63) is 11.3 Å². The second kappa shape index (κ2) is 8.21. The normalized spacial score (nSPS) is 23.8. The number of hydrazone groups is 1. The first-order valence-corrected chi connectivity index (χ1v) is 7.74. The van der Waals surface area contributed by atoms with Gasteiger partial charge in [0.15, 0.2) is 0 Å². The van der Waals surface area contributed by atoms with Gasteiger partial charge in [-0.15, -0.1) is 5.10 Å². The van der Waals surface area contributed by atoms with Crippen LogP contribution in [0.25, 0.3) is 0 Å². The summed E-state index contributed by atoms with van der Waals surface area (Å²) in [7, 11) is 0. The molecule has 0 spiro atoms. The van der Waals surface area contributed by atoms with Crippen molar-refractivity contribution in [2.75, 3.05) is 45.8 Å². The Labute approximate surface area is 126 Å². The maximum Gasteiger partial charge on any atom is 0.235 e. The number of piperidine rings is 1. The first kappa shape index (κ1) is 16.1. The van der Waals surface area contributed by atoms with Gasteiger partial charge in [0, 0.05) is 44.0 Å². The van der Waals surface area contributed by atoms with Crippen LogP contribution in [0.3, 0.4) is 0 Å². The molecule has 21 heavy (non-hydrogen) atoms. The van der Waals surface area contributed by atoms with E-state index in [1.165, 1.54) is 0 Å². The van der Waals surface area contributed by atoms with Gasteiger partial charge in [0.2, 0.25) is 5.90 Å². The molecule has 0 radical (unpaired) electrons. The molecule has 0 saturated carbocycles. The van der Waals surface area contributed by atoms with Crippen LogP contribution in [-0.4, -0.2) is 62.7 Å². The molecular formula is C14H28N6O. The van der Waals surface area contributed by atoms with Crippen LogP contribution < -0.4 is 22.2 Å². The van der Waals surface area contributed by atoms with Gasteiger partial charge in [-0.1, -0.05) is 0 Å². The van der Waals surface area contributed by atoms with Crippen LogP contribution in [-0.2, 0) is 4.74 Å². The lowest BCUT2D eigenvalue weighted by atomic mass is 10.1. The number of nitrogens with zero attached hydrogens (tertiary/aromatic N) is 2. The molecule has 2 fully saturated rings. The predicted molar refractivity (Wildman–Crippen MR) is 84.8 cm³/mol.